The topological polar surface area (TPSA) is 119 Å². The number of allylic oxidation sites excluding steroid dienone is 4. The van der Waals surface area contributed by atoms with Crippen LogP contribution in [-0.2, 0) is 28.2 Å². The van der Waals surface area contributed by atoms with Gasteiger partial charge in [0.15, 0.2) is 6.10 Å². The summed E-state index contributed by atoms with van der Waals surface area (Å²) in [6, 6.07) is 0. The van der Waals surface area contributed by atoms with Gasteiger partial charge in [0.05, 0.1) is 6.61 Å². The Labute approximate surface area is 262 Å². The third-order valence-electron chi connectivity index (χ3n) is 7.22. The summed E-state index contributed by atoms with van der Waals surface area (Å²) < 4.78 is 26.2. The zero-order valence-corrected chi connectivity index (χ0v) is 28.2. The van der Waals surface area contributed by atoms with Gasteiger partial charge in [-0.15, -0.1) is 0 Å². The molecule has 9 heteroatoms. The van der Waals surface area contributed by atoms with Crippen LogP contribution in [0, 0.1) is 0 Å². The minimum absolute atomic E-state index is 0.198. The van der Waals surface area contributed by atoms with Crippen LogP contribution in [0.5, 0.6) is 0 Å². The fourth-order valence-electron chi connectivity index (χ4n) is 4.64. The first-order valence-electron chi connectivity index (χ1n) is 17.1. The monoisotopic (exact) mass is 630 g/mol. The lowest BCUT2D eigenvalue weighted by atomic mass is 10.1. The van der Waals surface area contributed by atoms with E-state index in [1.165, 1.54) is 70.6 Å². The maximum absolute atomic E-state index is 12.3. The molecular weight excluding hydrogens is 567 g/mol. The maximum Gasteiger partial charge on any atom is 0.469 e. The summed E-state index contributed by atoms with van der Waals surface area (Å²) in [6.07, 6.45) is 31.8. The van der Waals surface area contributed by atoms with Crippen LogP contribution in [0.2, 0.25) is 0 Å². The minimum atomic E-state index is -4.74. The van der Waals surface area contributed by atoms with Crippen molar-refractivity contribution in [3.63, 3.8) is 0 Å². The van der Waals surface area contributed by atoms with Crippen molar-refractivity contribution in [2.45, 2.75) is 168 Å². The molecular formula is C34H63O8P. The zero-order valence-electron chi connectivity index (χ0n) is 27.4. The predicted octanol–water partition coefficient (Wildman–Crippen LogP) is 9.68. The largest absolute Gasteiger partial charge is 0.469 e. The van der Waals surface area contributed by atoms with Gasteiger partial charge >= 0.3 is 19.8 Å². The summed E-state index contributed by atoms with van der Waals surface area (Å²) in [7, 11) is -4.74. The van der Waals surface area contributed by atoms with Crippen molar-refractivity contribution >= 4 is 19.8 Å². The van der Waals surface area contributed by atoms with E-state index in [2.05, 4.69) is 42.7 Å². The Morgan fingerprint density at radius 3 is 1.58 bits per heavy atom. The molecule has 0 saturated heterocycles. The lowest BCUT2D eigenvalue weighted by Gasteiger charge is -2.18. The van der Waals surface area contributed by atoms with Crippen molar-refractivity contribution in [2.24, 2.45) is 0 Å². The number of phosphoric ester groups is 1. The van der Waals surface area contributed by atoms with E-state index in [0.717, 1.165) is 57.8 Å². The highest BCUT2D eigenvalue weighted by Crippen LogP contribution is 2.35. The zero-order chi connectivity index (χ0) is 31.9. The highest BCUT2D eigenvalue weighted by molar-refractivity contribution is 7.46. The second kappa shape index (κ2) is 30.6. The average Bonchev–Trinajstić information content (AvgIpc) is 2.97. The van der Waals surface area contributed by atoms with Crippen LogP contribution in [0.15, 0.2) is 24.3 Å². The first kappa shape index (κ1) is 41.5. The maximum atomic E-state index is 12.3. The molecule has 0 rings (SSSR count). The molecule has 43 heavy (non-hydrogen) atoms. The van der Waals surface area contributed by atoms with Crippen LogP contribution >= 0.6 is 7.82 Å². The van der Waals surface area contributed by atoms with Crippen LogP contribution < -0.4 is 0 Å². The van der Waals surface area contributed by atoms with E-state index in [0.29, 0.717) is 6.42 Å². The van der Waals surface area contributed by atoms with Gasteiger partial charge in [0.25, 0.3) is 0 Å². The molecule has 1 atom stereocenters. The number of carbonyl (C=O) groups excluding carboxylic acids is 2. The van der Waals surface area contributed by atoms with E-state index in [9.17, 15) is 14.2 Å². The number of ether oxygens (including phenoxy) is 2. The summed E-state index contributed by atoms with van der Waals surface area (Å²) >= 11 is 0. The normalized spacial score (nSPS) is 12.7. The molecule has 0 heterocycles. The quantitative estimate of drug-likeness (QED) is 0.0336. The van der Waals surface area contributed by atoms with E-state index in [1.807, 2.05) is 0 Å². The fourth-order valence-corrected chi connectivity index (χ4v) is 5.00. The van der Waals surface area contributed by atoms with Gasteiger partial charge in [-0.1, -0.05) is 128 Å². The Morgan fingerprint density at radius 2 is 1.05 bits per heavy atom. The van der Waals surface area contributed by atoms with Crippen LogP contribution in [0.1, 0.15) is 162 Å². The number of hydrogen-bond acceptors (Lipinski definition) is 6. The lowest BCUT2D eigenvalue weighted by Crippen LogP contribution is -2.29. The van der Waals surface area contributed by atoms with Gasteiger partial charge in [-0.2, -0.15) is 0 Å². The second-order valence-corrected chi connectivity index (χ2v) is 12.7. The Morgan fingerprint density at radius 1 is 0.605 bits per heavy atom. The van der Waals surface area contributed by atoms with E-state index < -0.39 is 32.5 Å². The number of carbonyl (C=O) groups is 2. The van der Waals surface area contributed by atoms with Crippen LogP contribution in [0.3, 0.4) is 0 Å². The summed E-state index contributed by atoms with van der Waals surface area (Å²) in [5.41, 5.74) is 0. The molecule has 0 aromatic heterocycles. The Hall–Kier alpha value is -1.47. The summed E-state index contributed by atoms with van der Waals surface area (Å²) in [4.78, 5) is 42.5. The lowest BCUT2D eigenvalue weighted by molar-refractivity contribution is -0.161. The molecule has 0 spiro atoms. The molecule has 0 aromatic carbocycles. The average molecular weight is 631 g/mol. The van der Waals surface area contributed by atoms with Gasteiger partial charge in [0, 0.05) is 12.8 Å². The number of unbranched alkanes of at least 4 members (excludes halogenated alkanes) is 17. The molecule has 8 nitrogen and oxygen atoms in total. The van der Waals surface area contributed by atoms with E-state index in [1.54, 1.807) is 0 Å². The third kappa shape index (κ3) is 33.3. The van der Waals surface area contributed by atoms with Crippen molar-refractivity contribution in [1.82, 2.24) is 0 Å². The van der Waals surface area contributed by atoms with E-state index in [4.69, 9.17) is 19.3 Å². The van der Waals surface area contributed by atoms with Crippen LogP contribution in [0.25, 0.3) is 0 Å². The molecule has 0 fully saturated rings. The fraction of sp³-hybridized carbons (Fsp3) is 0.824. The minimum Gasteiger partial charge on any atom is -0.462 e. The second-order valence-electron chi connectivity index (χ2n) is 11.5. The Bertz CT molecular complexity index is 761. The first-order valence-corrected chi connectivity index (χ1v) is 18.7. The van der Waals surface area contributed by atoms with Crippen molar-refractivity contribution in [2.75, 3.05) is 13.2 Å². The number of phosphoric acid groups is 1. The Balaban J connectivity index is 4.03. The van der Waals surface area contributed by atoms with Crippen molar-refractivity contribution in [3.8, 4) is 0 Å². The molecule has 0 saturated carbocycles. The summed E-state index contributed by atoms with van der Waals surface area (Å²) in [6.45, 7) is 3.61. The van der Waals surface area contributed by atoms with Crippen LogP contribution in [0.4, 0.5) is 0 Å². The molecule has 0 unspecified atom stereocenters. The Kier molecular flexibility index (Phi) is 29.5. The van der Waals surface area contributed by atoms with Gasteiger partial charge in [-0.25, -0.2) is 4.57 Å². The molecule has 2 N–H and O–H groups in total. The molecule has 0 aliphatic heterocycles. The number of hydrogen-bond donors (Lipinski definition) is 2. The van der Waals surface area contributed by atoms with Gasteiger partial charge in [-0.3, -0.25) is 14.1 Å². The molecule has 0 bridgehead atoms. The van der Waals surface area contributed by atoms with Gasteiger partial charge in [-0.05, 0) is 44.9 Å². The first-order chi connectivity index (χ1) is 20.8. The van der Waals surface area contributed by atoms with Gasteiger partial charge in [0.2, 0.25) is 0 Å². The molecule has 0 amide bonds. The summed E-state index contributed by atoms with van der Waals surface area (Å²) in [5.74, 6) is -0.902. The van der Waals surface area contributed by atoms with Crippen LogP contribution in [-0.4, -0.2) is 41.0 Å². The van der Waals surface area contributed by atoms with Crippen molar-refractivity contribution < 1.29 is 37.9 Å². The molecule has 0 aromatic rings. The van der Waals surface area contributed by atoms with E-state index in [-0.39, 0.29) is 19.4 Å². The smallest absolute Gasteiger partial charge is 0.462 e. The highest BCUT2D eigenvalue weighted by atomic mass is 31.2. The summed E-state index contributed by atoms with van der Waals surface area (Å²) in [5, 5.41) is 0. The van der Waals surface area contributed by atoms with Gasteiger partial charge < -0.3 is 19.3 Å². The van der Waals surface area contributed by atoms with Crippen molar-refractivity contribution in [3.05, 3.63) is 24.3 Å². The molecule has 0 aliphatic rings. The predicted molar refractivity (Wildman–Crippen MR) is 175 cm³/mol. The van der Waals surface area contributed by atoms with Gasteiger partial charge in [0.1, 0.15) is 6.61 Å². The highest BCUT2D eigenvalue weighted by Gasteiger charge is 2.22. The standard InChI is InChI=1S/C34H63O8P/c1-3-5-7-9-11-13-15-16-17-18-19-21-23-25-27-29-34(36)42-32(31-41-43(37,38)39)30-40-33(35)28-26-24-22-20-14-12-10-8-6-4-2/h11,13,16-17,32H,3-10,12,14-15,18-31H2,1-2H3,(H2,37,38,39)/b13-11-,17-16-/t32-/m1/s1. The van der Waals surface area contributed by atoms with E-state index >= 15 is 0 Å². The molecule has 0 aliphatic carbocycles. The SMILES string of the molecule is CCCCC/C=C\C/C=C\CCCCCCCC(=O)O[C@H](COC(=O)CCCCCCCCCCCC)COP(=O)(O)O. The molecule has 252 valence electrons. The molecule has 0 radical (unpaired) electrons. The number of rotatable bonds is 31. The number of esters is 2. The third-order valence-corrected chi connectivity index (χ3v) is 7.71. The van der Waals surface area contributed by atoms with Crippen molar-refractivity contribution in [1.29, 1.82) is 0 Å².